The molecule has 152 valence electrons. The summed E-state index contributed by atoms with van der Waals surface area (Å²) >= 11 is 0. The number of rotatable bonds is 4. The first-order valence-electron chi connectivity index (χ1n) is 10.6. The summed E-state index contributed by atoms with van der Waals surface area (Å²) in [5.41, 5.74) is 5.71. The minimum Gasteiger partial charge on any atom is -0.388 e. The van der Waals surface area contributed by atoms with E-state index in [-0.39, 0.29) is 5.82 Å². The van der Waals surface area contributed by atoms with Gasteiger partial charge in [-0.1, -0.05) is 24.3 Å². The molecule has 5 aromatic rings. The lowest BCUT2D eigenvalue weighted by atomic mass is 9.97. The lowest BCUT2D eigenvalue weighted by molar-refractivity contribution is 0.155. The number of hydrogen-bond donors (Lipinski definition) is 1. The minimum atomic E-state index is -0.449. The van der Waals surface area contributed by atoms with Gasteiger partial charge in [0.1, 0.15) is 5.82 Å². The van der Waals surface area contributed by atoms with Gasteiger partial charge in [0, 0.05) is 28.2 Å². The van der Waals surface area contributed by atoms with Gasteiger partial charge in [-0.25, -0.2) is 9.37 Å². The zero-order valence-corrected chi connectivity index (χ0v) is 16.9. The molecule has 1 fully saturated rings. The molecule has 6 rings (SSSR count). The van der Waals surface area contributed by atoms with E-state index in [0.717, 1.165) is 57.2 Å². The number of para-hydroxylation sites is 1. The van der Waals surface area contributed by atoms with Crippen molar-refractivity contribution in [3.05, 3.63) is 96.4 Å². The second kappa shape index (κ2) is 7.03. The van der Waals surface area contributed by atoms with Crippen LogP contribution >= 0.6 is 0 Å². The predicted octanol–water partition coefficient (Wildman–Crippen LogP) is 6.43. The smallest absolute Gasteiger partial charge is 0.123 e. The average Bonchev–Trinajstić information content (AvgIpc) is 3.57. The fourth-order valence-electron chi connectivity index (χ4n) is 4.39. The van der Waals surface area contributed by atoms with Crippen LogP contribution in [0, 0.1) is 11.7 Å². The molecule has 1 aliphatic rings. The fourth-order valence-corrected chi connectivity index (χ4v) is 4.39. The Hall–Kier alpha value is -3.50. The first-order valence-corrected chi connectivity index (χ1v) is 10.6. The normalized spacial score (nSPS) is 14.9. The van der Waals surface area contributed by atoms with E-state index in [1.165, 1.54) is 12.1 Å². The molecule has 0 aliphatic heterocycles. The van der Waals surface area contributed by atoms with Crippen molar-refractivity contribution < 1.29 is 9.50 Å². The fraction of sp³-hybridized carbons (Fsp3) is 0.148. The zero-order chi connectivity index (χ0) is 20.9. The van der Waals surface area contributed by atoms with Crippen molar-refractivity contribution in [3.63, 3.8) is 0 Å². The van der Waals surface area contributed by atoms with Crippen molar-refractivity contribution in [2.75, 3.05) is 0 Å². The SMILES string of the molecule is OC(c1cc(-c2ccc3c(ccn3-c3ccc(F)cc3)c2)nc2ccccc12)C1CC1. The molecule has 1 aliphatic carbocycles. The molecule has 1 atom stereocenters. The van der Waals surface area contributed by atoms with Crippen molar-refractivity contribution in [2.24, 2.45) is 5.92 Å². The summed E-state index contributed by atoms with van der Waals surface area (Å²) in [6, 6.07) is 24.9. The summed E-state index contributed by atoms with van der Waals surface area (Å²) in [6.45, 7) is 0. The Labute approximate surface area is 179 Å². The van der Waals surface area contributed by atoms with E-state index in [1.54, 1.807) is 12.1 Å². The number of aliphatic hydroxyl groups is 1. The summed E-state index contributed by atoms with van der Waals surface area (Å²) in [5.74, 6) is 0.111. The standard InChI is InChI=1S/C27H21FN2O/c28-20-8-10-21(11-9-20)30-14-13-19-15-18(7-12-26(19)30)25-16-23(27(31)17-5-6-17)22-3-1-2-4-24(22)29-25/h1-4,7-17,27,31H,5-6H2. The van der Waals surface area contributed by atoms with Crippen LogP contribution in [0.3, 0.4) is 0 Å². The van der Waals surface area contributed by atoms with Crippen LogP contribution in [0.1, 0.15) is 24.5 Å². The molecule has 3 aromatic carbocycles. The minimum absolute atomic E-state index is 0.242. The highest BCUT2D eigenvalue weighted by molar-refractivity contribution is 5.89. The molecule has 2 aromatic heterocycles. The summed E-state index contributed by atoms with van der Waals surface area (Å²) in [7, 11) is 0. The van der Waals surface area contributed by atoms with Gasteiger partial charge < -0.3 is 9.67 Å². The van der Waals surface area contributed by atoms with E-state index in [9.17, 15) is 9.50 Å². The maximum absolute atomic E-state index is 13.3. The molecule has 0 radical (unpaired) electrons. The summed E-state index contributed by atoms with van der Waals surface area (Å²) < 4.78 is 15.4. The van der Waals surface area contributed by atoms with Gasteiger partial charge in [-0.2, -0.15) is 0 Å². The highest BCUT2D eigenvalue weighted by Gasteiger charge is 2.32. The molecular weight excluding hydrogens is 387 g/mol. The number of aliphatic hydroxyl groups excluding tert-OH is 1. The van der Waals surface area contributed by atoms with Gasteiger partial charge in [0.2, 0.25) is 0 Å². The van der Waals surface area contributed by atoms with Crippen molar-refractivity contribution in [1.82, 2.24) is 9.55 Å². The van der Waals surface area contributed by atoms with Crippen LogP contribution in [0.25, 0.3) is 38.8 Å². The molecule has 2 heterocycles. The first-order chi connectivity index (χ1) is 15.2. The first kappa shape index (κ1) is 18.3. The van der Waals surface area contributed by atoms with E-state index < -0.39 is 6.10 Å². The van der Waals surface area contributed by atoms with Crippen LogP contribution in [0.15, 0.2) is 85.1 Å². The van der Waals surface area contributed by atoms with Gasteiger partial charge in [-0.3, -0.25) is 0 Å². The second-order valence-corrected chi connectivity index (χ2v) is 8.33. The third-order valence-corrected chi connectivity index (χ3v) is 6.23. The quantitative estimate of drug-likeness (QED) is 0.372. The van der Waals surface area contributed by atoms with E-state index in [2.05, 4.69) is 28.8 Å². The molecule has 0 amide bonds. The van der Waals surface area contributed by atoms with Crippen LogP contribution in [-0.4, -0.2) is 14.7 Å². The Morgan fingerprint density at radius 3 is 2.55 bits per heavy atom. The van der Waals surface area contributed by atoms with Crippen LogP contribution in [0.5, 0.6) is 0 Å². The second-order valence-electron chi connectivity index (χ2n) is 8.33. The Morgan fingerprint density at radius 1 is 0.935 bits per heavy atom. The number of hydrogen-bond acceptors (Lipinski definition) is 2. The molecule has 31 heavy (non-hydrogen) atoms. The number of pyridine rings is 1. The summed E-state index contributed by atoms with van der Waals surface area (Å²) in [6.07, 6.45) is 3.71. The number of fused-ring (bicyclic) bond motifs is 2. The molecule has 0 bridgehead atoms. The van der Waals surface area contributed by atoms with Crippen molar-refractivity contribution in [1.29, 1.82) is 0 Å². The molecule has 3 nitrogen and oxygen atoms in total. The molecule has 1 unspecified atom stereocenters. The molecule has 0 spiro atoms. The monoisotopic (exact) mass is 408 g/mol. The highest BCUT2D eigenvalue weighted by Crippen LogP contribution is 2.43. The Bertz CT molecular complexity index is 1420. The lowest BCUT2D eigenvalue weighted by Crippen LogP contribution is -2.02. The van der Waals surface area contributed by atoms with E-state index in [0.29, 0.717) is 5.92 Å². The molecular formula is C27H21FN2O. The van der Waals surface area contributed by atoms with Gasteiger partial charge in [0.05, 0.1) is 22.8 Å². The van der Waals surface area contributed by atoms with Gasteiger partial charge in [0.25, 0.3) is 0 Å². The molecule has 1 N–H and O–H groups in total. The largest absolute Gasteiger partial charge is 0.388 e. The number of halogens is 1. The van der Waals surface area contributed by atoms with E-state index in [4.69, 9.17) is 4.98 Å². The van der Waals surface area contributed by atoms with Crippen molar-refractivity contribution in [3.8, 4) is 16.9 Å². The van der Waals surface area contributed by atoms with Gasteiger partial charge in [-0.15, -0.1) is 0 Å². The van der Waals surface area contributed by atoms with E-state index >= 15 is 0 Å². The Morgan fingerprint density at radius 2 is 1.74 bits per heavy atom. The average molecular weight is 408 g/mol. The van der Waals surface area contributed by atoms with Crippen LogP contribution in [-0.2, 0) is 0 Å². The van der Waals surface area contributed by atoms with Crippen LogP contribution in [0.2, 0.25) is 0 Å². The van der Waals surface area contributed by atoms with E-state index in [1.807, 2.05) is 36.5 Å². The van der Waals surface area contributed by atoms with Crippen molar-refractivity contribution >= 4 is 21.8 Å². The van der Waals surface area contributed by atoms with Crippen molar-refractivity contribution in [2.45, 2.75) is 18.9 Å². The summed E-state index contributed by atoms with van der Waals surface area (Å²) in [4.78, 5) is 4.89. The third-order valence-electron chi connectivity index (χ3n) is 6.23. The summed E-state index contributed by atoms with van der Waals surface area (Å²) in [5, 5.41) is 13.0. The highest BCUT2D eigenvalue weighted by atomic mass is 19.1. The Balaban J connectivity index is 1.47. The molecule has 4 heteroatoms. The number of benzene rings is 3. The van der Waals surface area contributed by atoms with Crippen LogP contribution < -0.4 is 0 Å². The van der Waals surface area contributed by atoms with Gasteiger partial charge >= 0.3 is 0 Å². The Kier molecular flexibility index (Phi) is 4.15. The predicted molar refractivity (Wildman–Crippen MR) is 122 cm³/mol. The molecule has 1 saturated carbocycles. The maximum Gasteiger partial charge on any atom is 0.123 e. The maximum atomic E-state index is 13.3. The van der Waals surface area contributed by atoms with Gasteiger partial charge in [-0.05, 0) is 78.9 Å². The lowest BCUT2D eigenvalue weighted by Gasteiger charge is -2.15. The van der Waals surface area contributed by atoms with Gasteiger partial charge in [0.15, 0.2) is 0 Å². The van der Waals surface area contributed by atoms with Crippen LogP contribution in [0.4, 0.5) is 4.39 Å². The number of aromatic nitrogens is 2. The topological polar surface area (TPSA) is 38.0 Å². The number of nitrogens with zero attached hydrogens (tertiary/aromatic N) is 2. The zero-order valence-electron chi connectivity index (χ0n) is 16.9. The third kappa shape index (κ3) is 3.20. The molecule has 0 saturated heterocycles.